The van der Waals surface area contributed by atoms with Crippen molar-refractivity contribution < 1.29 is 0 Å². The highest BCUT2D eigenvalue weighted by Gasteiger charge is 2.21. The molecule has 1 heteroatoms. The first-order valence-corrected chi connectivity index (χ1v) is 12.8. The molecule has 2 atom stereocenters. The van der Waals surface area contributed by atoms with Gasteiger partial charge in [-0.1, -0.05) is 117 Å². The van der Waals surface area contributed by atoms with Gasteiger partial charge < -0.3 is 0 Å². The lowest BCUT2D eigenvalue weighted by Gasteiger charge is -2.24. The van der Waals surface area contributed by atoms with Crippen molar-refractivity contribution in [1.82, 2.24) is 0 Å². The molecule has 1 nitrogen and oxygen atoms in total. The van der Waals surface area contributed by atoms with E-state index in [1.54, 1.807) is 6.20 Å². The molecule has 174 valence electrons. The summed E-state index contributed by atoms with van der Waals surface area (Å²) >= 11 is 0. The second-order valence-corrected chi connectivity index (χ2v) is 9.84. The molecule has 0 aromatic heterocycles. The van der Waals surface area contributed by atoms with Gasteiger partial charge in [-0.2, -0.15) is 0 Å². The molecule has 0 aromatic carbocycles. The highest BCUT2D eigenvalue weighted by molar-refractivity contribution is 6.18. The van der Waals surface area contributed by atoms with Gasteiger partial charge in [0.25, 0.3) is 0 Å². The lowest BCUT2D eigenvalue weighted by atomic mass is 9.82. The first kappa shape index (κ1) is 27.4. The summed E-state index contributed by atoms with van der Waals surface area (Å²) in [4.78, 5) is 4.73. The van der Waals surface area contributed by atoms with Crippen LogP contribution in [-0.2, 0) is 0 Å². The topological polar surface area (TPSA) is 12.4 Å². The minimum absolute atomic E-state index is 0.659. The SMILES string of the molecule is C=CN=C1C(C(=C)CC(C)CCCC)=CC=C/C1=C(/C)CC(C)CC(CCC)CCC. The molecule has 0 aromatic rings. The summed E-state index contributed by atoms with van der Waals surface area (Å²) in [5, 5.41) is 0. The third kappa shape index (κ3) is 9.58. The zero-order chi connectivity index (χ0) is 23.2. The third-order valence-electron chi connectivity index (χ3n) is 6.53. The zero-order valence-corrected chi connectivity index (χ0v) is 21.5. The van der Waals surface area contributed by atoms with E-state index in [9.17, 15) is 0 Å². The lowest BCUT2D eigenvalue weighted by molar-refractivity contribution is 0.343. The first-order valence-electron chi connectivity index (χ1n) is 12.8. The van der Waals surface area contributed by atoms with E-state index in [-0.39, 0.29) is 0 Å². The van der Waals surface area contributed by atoms with E-state index in [0.717, 1.165) is 24.5 Å². The molecule has 0 fully saturated rings. The van der Waals surface area contributed by atoms with Gasteiger partial charge in [0.1, 0.15) is 0 Å². The largest absolute Gasteiger partial charge is 0.256 e. The van der Waals surface area contributed by atoms with Crippen molar-refractivity contribution in [2.45, 2.75) is 106 Å². The molecule has 0 heterocycles. The van der Waals surface area contributed by atoms with Gasteiger partial charge in [0.2, 0.25) is 0 Å². The smallest absolute Gasteiger partial charge is 0.0775 e. The van der Waals surface area contributed by atoms with Gasteiger partial charge in [-0.15, -0.1) is 0 Å². The van der Waals surface area contributed by atoms with Crippen LogP contribution in [0.5, 0.6) is 0 Å². The van der Waals surface area contributed by atoms with Crippen LogP contribution in [0.4, 0.5) is 0 Å². The Labute approximate surface area is 194 Å². The van der Waals surface area contributed by atoms with Gasteiger partial charge in [-0.05, 0) is 55.1 Å². The van der Waals surface area contributed by atoms with Crippen LogP contribution in [-0.4, -0.2) is 5.71 Å². The number of aliphatic imine (C=N–C) groups is 1. The minimum Gasteiger partial charge on any atom is -0.256 e. The van der Waals surface area contributed by atoms with Crippen LogP contribution in [0.1, 0.15) is 106 Å². The predicted octanol–water partition coefficient (Wildman–Crippen LogP) is 9.79. The van der Waals surface area contributed by atoms with Crippen LogP contribution in [0.25, 0.3) is 0 Å². The monoisotopic (exact) mass is 423 g/mol. The molecule has 2 unspecified atom stereocenters. The van der Waals surface area contributed by atoms with Crippen LogP contribution in [0.3, 0.4) is 0 Å². The number of hydrogen-bond acceptors (Lipinski definition) is 1. The molecule has 1 rings (SSSR count). The van der Waals surface area contributed by atoms with Crippen molar-refractivity contribution >= 4 is 5.71 Å². The number of rotatable bonds is 15. The van der Waals surface area contributed by atoms with Crippen molar-refractivity contribution in [3.05, 3.63) is 59.9 Å². The summed E-state index contributed by atoms with van der Waals surface area (Å²) in [5.41, 5.74) is 6.18. The predicted molar refractivity (Wildman–Crippen MR) is 142 cm³/mol. The van der Waals surface area contributed by atoms with E-state index in [0.29, 0.717) is 11.8 Å². The van der Waals surface area contributed by atoms with Gasteiger partial charge in [-0.3, -0.25) is 4.99 Å². The van der Waals surface area contributed by atoms with Crippen molar-refractivity contribution in [2.24, 2.45) is 22.7 Å². The molecule has 0 radical (unpaired) electrons. The molecule has 0 amide bonds. The Morgan fingerprint density at radius 1 is 1.00 bits per heavy atom. The van der Waals surface area contributed by atoms with Crippen molar-refractivity contribution in [3.8, 4) is 0 Å². The van der Waals surface area contributed by atoms with E-state index in [2.05, 4.69) is 72.9 Å². The maximum Gasteiger partial charge on any atom is 0.0775 e. The quantitative estimate of drug-likeness (QED) is 0.248. The molecule has 0 saturated carbocycles. The van der Waals surface area contributed by atoms with E-state index in [1.807, 2.05) is 0 Å². The Morgan fingerprint density at radius 2 is 1.68 bits per heavy atom. The summed E-state index contributed by atoms with van der Waals surface area (Å²) in [7, 11) is 0. The zero-order valence-electron chi connectivity index (χ0n) is 21.5. The molecule has 1 aliphatic rings. The average Bonchev–Trinajstić information content (AvgIpc) is 2.72. The fourth-order valence-corrected chi connectivity index (χ4v) is 5.07. The van der Waals surface area contributed by atoms with Gasteiger partial charge in [0, 0.05) is 11.8 Å². The number of unbranched alkanes of at least 4 members (excludes halogenated alkanes) is 1. The van der Waals surface area contributed by atoms with Crippen LogP contribution >= 0.6 is 0 Å². The van der Waals surface area contributed by atoms with Gasteiger partial charge in [-0.25, -0.2) is 0 Å². The van der Waals surface area contributed by atoms with E-state index in [4.69, 9.17) is 4.99 Å². The molecular formula is C30H49N. The van der Waals surface area contributed by atoms with Crippen molar-refractivity contribution in [1.29, 1.82) is 0 Å². The second-order valence-electron chi connectivity index (χ2n) is 9.84. The molecule has 0 spiro atoms. The summed E-state index contributed by atoms with van der Waals surface area (Å²) in [6.07, 6.45) is 20.9. The van der Waals surface area contributed by atoms with E-state index >= 15 is 0 Å². The van der Waals surface area contributed by atoms with Crippen LogP contribution in [0, 0.1) is 17.8 Å². The fourth-order valence-electron chi connectivity index (χ4n) is 5.07. The molecule has 31 heavy (non-hydrogen) atoms. The van der Waals surface area contributed by atoms with Gasteiger partial charge in [0.05, 0.1) is 5.71 Å². The summed E-state index contributed by atoms with van der Waals surface area (Å²) in [6, 6.07) is 0. The Kier molecular flexibility index (Phi) is 13.5. The number of hydrogen-bond donors (Lipinski definition) is 0. The number of allylic oxidation sites excluding steroid dienone is 7. The Hall–Kier alpha value is -1.63. The third-order valence-corrected chi connectivity index (χ3v) is 6.53. The highest BCUT2D eigenvalue weighted by Crippen LogP contribution is 2.32. The molecule has 0 saturated heterocycles. The Bertz CT molecular complexity index is 679. The first-order chi connectivity index (χ1) is 14.9. The minimum atomic E-state index is 0.659. The summed E-state index contributed by atoms with van der Waals surface area (Å²) in [5.74, 6) is 2.22. The van der Waals surface area contributed by atoms with E-state index < -0.39 is 0 Å². The molecule has 0 bridgehead atoms. The van der Waals surface area contributed by atoms with Gasteiger partial charge in [0.15, 0.2) is 0 Å². The van der Waals surface area contributed by atoms with Crippen LogP contribution < -0.4 is 0 Å². The maximum absolute atomic E-state index is 4.73. The lowest BCUT2D eigenvalue weighted by Crippen LogP contribution is -2.14. The maximum atomic E-state index is 4.73. The van der Waals surface area contributed by atoms with Crippen LogP contribution in [0.2, 0.25) is 0 Å². The molecule has 1 aliphatic carbocycles. The Balaban J connectivity index is 2.97. The Morgan fingerprint density at radius 3 is 2.26 bits per heavy atom. The molecular weight excluding hydrogens is 374 g/mol. The average molecular weight is 424 g/mol. The van der Waals surface area contributed by atoms with Gasteiger partial charge >= 0.3 is 0 Å². The molecule has 0 N–H and O–H groups in total. The van der Waals surface area contributed by atoms with Crippen molar-refractivity contribution in [3.63, 3.8) is 0 Å². The van der Waals surface area contributed by atoms with E-state index in [1.165, 1.54) is 73.7 Å². The van der Waals surface area contributed by atoms with Crippen molar-refractivity contribution in [2.75, 3.05) is 0 Å². The summed E-state index contributed by atoms with van der Waals surface area (Å²) in [6.45, 7) is 22.3. The molecule has 0 aliphatic heterocycles. The standard InChI is InChI=1S/C30H49N/c1-9-13-17-23(5)20-25(7)28-18-14-19-29(30(28)31-12-4)26(8)21-24(6)22-27(15-10-2)16-11-3/h12,14,18-19,23-24,27H,4,7,9-11,13,15-17,20-22H2,1-3,5-6,8H3/b29-26+,31-30?. The fraction of sp³-hybridized carbons (Fsp3) is 0.633. The normalized spacial score (nSPS) is 18.8. The number of nitrogens with zero attached hydrogens (tertiary/aromatic N) is 1. The van der Waals surface area contributed by atoms with Crippen LogP contribution in [0.15, 0.2) is 64.9 Å². The highest BCUT2D eigenvalue weighted by atomic mass is 14.7. The summed E-state index contributed by atoms with van der Waals surface area (Å²) < 4.78 is 0. The second kappa shape index (κ2) is 15.2.